The van der Waals surface area contributed by atoms with Crippen LogP contribution in [0.25, 0.3) is 104 Å². The van der Waals surface area contributed by atoms with Crippen LogP contribution in [-0.4, -0.2) is 4.57 Å². The van der Waals surface area contributed by atoms with Gasteiger partial charge < -0.3 is 9.47 Å². The molecule has 0 saturated carbocycles. The molecular weight excluding hydrogens is 821 g/mol. The van der Waals surface area contributed by atoms with Gasteiger partial charge in [0.25, 0.3) is 0 Å². The SMILES string of the molecule is c1ccc(-c2ccccc2-c2ccc(N(c3ccc(-c4ccc5c(ccc6ccccc65)c4)cc3)c3cccc(-c4cccc5c4c4c6ccccc6ccc4n5-c4ccccc4)c3)cc2)cc1. The lowest BCUT2D eigenvalue weighted by atomic mass is 9.94. The Morgan fingerprint density at radius 3 is 1.51 bits per heavy atom. The fourth-order valence-electron chi connectivity index (χ4n) is 10.6. The summed E-state index contributed by atoms with van der Waals surface area (Å²) in [7, 11) is 0. The molecule has 1 aromatic heterocycles. The minimum Gasteiger partial charge on any atom is -0.310 e. The lowest BCUT2D eigenvalue weighted by Crippen LogP contribution is -2.10. The summed E-state index contributed by atoms with van der Waals surface area (Å²) < 4.78 is 2.42. The maximum Gasteiger partial charge on any atom is 0.0547 e. The van der Waals surface area contributed by atoms with E-state index in [4.69, 9.17) is 0 Å². The molecule has 13 aromatic rings. The molecule has 0 bridgehead atoms. The summed E-state index contributed by atoms with van der Waals surface area (Å²) in [6, 6.07) is 97.4. The summed E-state index contributed by atoms with van der Waals surface area (Å²) in [5, 5.41) is 10.1. The van der Waals surface area contributed by atoms with E-state index in [1.54, 1.807) is 0 Å². The molecule has 0 atom stereocenters. The molecule has 12 aromatic carbocycles. The predicted octanol–water partition coefficient (Wildman–Crippen LogP) is 18.4. The summed E-state index contributed by atoms with van der Waals surface area (Å²) in [6.45, 7) is 0. The van der Waals surface area contributed by atoms with E-state index in [1.807, 2.05) is 0 Å². The van der Waals surface area contributed by atoms with Crippen LogP contribution < -0.4 is 4.90 Å². The minimum absolute atomic E-state index is 1.08. The van der Waals surface area contributed by atoms with Crippen molar-refractivity contribution in [3.8, 4) is 50.2 Å². The minimum atomic E-state index is 1.08. The van der Waals surface area contributed by atoms with E-state index in [0.29, 0.717) is 0 Å². The topological polar surface area (TPSA) is 8.17 Å². The van der Waals surface area contributed by atoms with Crippen LogP contribution in [0.3, 0.4) is 0 Å². The van der Waals surface area contributed by atoms with Gasteiger partial charge in [0, 0.05) is 33.5 Å². The van der Waals surface area contributed by atoms with Crippen molar-refractivity contribution < 1.29 is 0 Å². The van der Waals surface area contributed by atoms with E-state index in [2.05, 4.69) is 276 Å². The third kappa shape index (κ3) is 6.73. The lowest BCUT2D eigenvalue weighted by molar-refractivity contribution is 1.18. The van der Waals surface area contributed by atoms with Crippen molar-refractivity contribution in [2.24, 2.45) is 0 Å². The molecule has 0 unspecified atom stereocenters. The number of anilines is 3. The van der Waals surface area contributed by atoms with Gasteiger partial charge in [-0.2, -0.15) is 0 Å². The molecule has 318 valence electrons. The van der Waals surface area contributed by atoms with Crippen LogP contribution in [-0.2, 0) is 0 Å². The highest BCUT2D eigenvalue weighted by molar-refractivity contribution is 6.25. The van der Waals surface area contributed by atoms with Gasteiger partial charge in [0.1, 0.15) is 0 Å². The zero-order valence-corrected chi connectivity index (χ0v) is 37.3. The molecule has 0 radical (unpaired) electrons. The maximum absolute atomic E-state index is 2.42. The molecule has 0 N–H and O–H groups in total. The number of aromatic nitrogens is 1. The zero-order chi connectivity index (χ0) is 45.0. The third-order valence-corrected chi connectivity index (χ3v) is 13.8. The van der Waals surface area contributed by atoms with Gasteiger partial charge in [0.2, 0.25) is 0 Å². The van der Waals surface area contributed by atoms with E-state index >= 15 is 0 Å². The highest BCUT2D eigenvalue weighted by Gasteiger charge is 2.20. The lowest BCUT2D eigenvalue weighted by Gasteiger charge is -2.26. The summed E-state index contributed by atoms with van der Waals surface area (Å²) in [5.74, 6) is 0. The van der Waals surface area contributed by atoms with Gasteiger partial charge in [-0.05, 0) is 144 Å². The van der Waals surface area contributed by atoms with Gasteiger partial charge in [-0.3, -0.25) is 0 Å². The van der Waals surface area contributed by atoms with Crippen LogP contribution in [0.1, 0.15) is 0 Å². The van der Waals surface area contributed by atoms with Crippen molar-refractivity contribution in [3.05, 3.63) is 267 Å². The Morgan fingerprint density at radius 2 is 0.765 bits per heavy atom. The molecule has 2 nitrogen and oxygen atoms in total. The zero-order valence-electron chi connectivity index (χ0n) is 37.3. The molecule has 0 aliphatic carbocycles. The molecule has 0 amide bonds. The van der Waals surface area contributed by atoms with Gasteiger partial charge in [-0.15, -0.1) is 0 Å². The first-order chi connectivity index (χ1) is 33.7. The number of fused-ring (bicyclic) bond motifs is 8. The molecule has 68 heavy (non-hydrogen) atoms. The molecule has 1 heterocycles. The molecule has 0 aliphatic rings. The highest BCUT2D eigenvalue weighted by atomic mass is 15.1. The summed E-state index contributed by atoms with van der Waals surface area (Å²) in [6.07, 6.45) is 0. The number of hydrogen-bond acceptors (Lipinski definition) is 1. The fourth-order valence-corrected chi connectivity index (χ4v) is 10.6. The maximum atomic E-state index is 2.42. The van der Waals surface area contributed by atoms with Crippen LogP contribution >= 0.6 is 0 Å². The van der Waals surface area contributed by atoms with Crippen molar-refractivity contribution in [2.45, 2.75) is 0 Å². The monoisotopic (exact) mass is 864 g/mol. The summed E-state index contributed by atoms with van der Waals surface area (Å²) in [4.78, 5) is 2.40. The molecule has 0 saturated heterocycles. The van der Waals surface area contributed by atoms with Crippen molar-refractivity contribution >= 4 is 71.2 Å². The second-order valence-electron chi connectivity index (χ2n) is 17.7. The van der Waals surface area contributed by atoms with Gasteiger partial charge in [0.05, 0.1) is 11.0 Å². The number of hydrogen-bond donors (Lipinski definition) is 0. The van der Waals surface area contributed by atoms with Crippen LogP contribution in [0.4, 0.5) is 17.1 Å². The number of benzene rings is 12. The Bertz CT molecular complexity index is 4000. The first-order valence-electron chi connectivity index (χ1n) is 23.4. The van der Waals surface area contributed by atoms with Crippen molar-refractivity contribution in [1.29, 1.82) is 0 Å². The largest absolute Gasteiger partial charge is 0.310 e. The predicted molar refractivity (Wildman–Crippen MR) is 290 cm³/mol. The highest BCUT2D eigenvalue weighted by Crippen LogP contribution is 2.44. The third-order valence-electron chi connectivity index (χ3n) is 13.8. The first kappa shape index (κ1) is 39.4. The first-order valence-corrected chi connectivity index (χ1v) is 23.4. The van der Waals surface area contributed by atoms with E-state index in [1.165, 1.54) is 93.1 Å². The molecule has 0 spiro atoms. The Morgan fingerprint density at radius 1 is 0.250 bits per heavy atom. The molecule has 0 aliphatic heterocycles. The second kappa shape index (κ2) is 16.5. The Hall–Kier alpha value is -8.98. The average molecular weight is 865 g/mol. The Balaban J connectivity index is 0.959. The van der Waals surface area contributed by atoms with Gasteiger partial charge >= 0.3 is 0 Å². The van der Waals surface area contributed by atoms with Gasteiger partial charge in [-0.1, -0.05) is 200 Å². The molecule has 2 heteroatoms. The van der Waals surface area contributed by atoms with Crippen molar-refractivity contribution in [1.82, 2.24) is 4.57 Å². The standard InChI is InChI=1S/C66H44N2/c1-3-15-46(16-4-1)57-24-11-12-25-59(57)49-33-39-55(40-34-49)67(54-37-31-45(32-38-54)50-35-41-60-52(43-50)30-29-47-17-7-9-23-58(47)60)56-22-13-19-51(44-56)62-27-14-28-63-66(62)65-61-26-10-8-18-48(61)36-42-64(65)68(63)53-20-5-2-6-21-53/h1-44H. The summed E-state index contributed by atoms with van der Waals surface area (Å²) in [5.41, 5.74) is 16.3. The van der Waals surface area contributed by atoms with Gasteiger partial charge in [0.15, 0.2) is 0 Å². The van der Waals surface area contributed by atoms with Crippen LogP contribution in [0.5, 0.6) is 0 Å². The smallest absolute Gasteiger partial charge is 0.0547 e. The molecule has 0 fully saturated rings. The van der Waals surface area contributed by atoms with Crippen LogP contribution in [0, 0.1) is 0 Å². The van der Waals surface area contributed by atoms with Crippen LogP contribution in [0.2, 0.25) is 0 Å². The van der Waals surface area contributed by atoms with E-state index < -0.39 is 0 Å². The van der Waals surface area contributed by atoms with Crippen molar-refractivity contribution in [2.75, 3.05) is 4.90 Å². The van der Waals surface area contributed by atoms with E-state index in [9.17, 15) is 0 Å². The van der Waals surface area contributed by atoms with E-state index in [-0.39, 0.29) is 0 Å². The number of rotatable bonds is 8. The average Bonchev–Trinajstić information content (AvgIpc) is 3.77. The normalized spacial score (nSPS) is 11.5. The molecular formula is C66H44N2. The Kier molecular flexibility index (Phi) is 9.54. The number of nitrogens with zero attached hydrogens (tertiary/aromatic N) is 2. The number of para-hydroxylation sites is 1. The second-order valence-corrected chi connectivity index (χ2v) is 17.7. The quantitative estimate of drug-likeness (QED) is 0.138. The Labute approximate surface area is 395 Å². The van der Waals surface area contributed by atoms with Crippen molar-refractivity contribution in [3.63, 3.8) is 0 Å². The van der Waals surface area contributed by atoms with E-state index in [0.717, 1.165) is 28.3 Å². The fraction of sp³-hybridized carbons (Fsp3) is 0. The summed E-state index contributed by atoms with van der Waals surface area (Å²) >= 11 is 0. The molecule has 13 rings (SSSR count). The van der Waals surface area contributed by atoms with Crippen LogP contribution in [0.15, 0.2) is 267 Å². The van der Waals surface area contributed by atoms with Gasteiger partial charge in [-0.25, -0.2) is 0 Å².